The lowest BCUT2D eigenvalue weighted by Crippen LogP contribution is -2.35. The molecule has 0 radical (unpaired) electrons. The largest absolute Gasteiger partial charge is 0.290 e. The third-order valence-electron chi connectivity index (χ3n) is 9.07. The van der Waals surface area contributed by atoms with Crippen molar-refractivity contribution >= 4 is 0 Å². The van der Waals surface area contributed by atoms with Crippen molar-refractivity contribution in [1.29, 1.82) is 0 Å². The van der Waals surface area contributed by atoms with E-state index in [0.717, 1.165) is 87.7 Å². The normalized spacial score (nSPS) is 11.5. The van der Waals surface area contributed by atoms with E-state index < -0.39 is 0 Å². The van der Waals surface area contributed by atoms with Crippen LogP contribution in [0.5, 0.6) is 0 Å². The quantitative estimate of drug-likeness (QED) is 0.0799. The summed E-state index contributed by atoms with van der Waals surface area (Å²) < 4.78 is 0. The van der Waals surface area contributed by atoms with E-state index >= 15 is 0 Å². The highest BCUT2D eigenvalue weighted by atomic mass is 15.2. The van der Waals surface area contributed by atoms with Crippen LogP contribution in [0.4, 0.5) is 0 Å². The molecule has 0 spiro atoms. The van der Waals surface area contributed by atoms with Gasteiger partial charge in [0.2, 0.25) is 0 Å². The molecule has 0 aliphatic heterocycles. The van der Waals surface area contributed by atoms with Crippen LogP contribution in [0, 0.1) is 0 Å². The van der Waals surface area contributed by atoms with Gasteiger partial charge < -0.3 is 0 Å². The number of unbranched alkanes of at least 4 members (excludes halogenated alkanes) is 4. The van der Waals surface area contributed by atoms with Gasteiger partial charge >= 0.3 is 0 Å². The molecule has 0 atom stereocenters. The molecular weight excluding hydrogens is 589 g/mol. The van der Waals surface area contributed by atoms with Crippen LogP contribution >= 0.6 is 0 Å². The van der Waals surface area contributed by atoms with Gasteiger partial charge in [-0.05, 0) is 122 Å². The molecule has 0 bridgehead atoms. The maximum Gasteiger partial charge on any atom is 0.0546 e. The average Bonchev–Trinajstić information content (AvgIpc) is 3.11. The maximum atomic E-state index is 4.82. The highest BCUT2D eigenvalue weighted by Gasteiger charge is 2.16. The van der Waals surface area contributed by atoms with Crippen molar-refractivity contribution < 1.29 is 0 Å². The van der Waals surface area contributed by atoms with Crippen LogP contribution in [0.3, 0.4) is 0 Å². The summed E-state index contributed by atoms with van der Waals surface area (Å²) in [4.78, 5) is 24.3. The topological polar surface area (TPSA) is 58.0 Å². The zero-order chi connectivity index (χ0) is 33.8. The summed E-state index contributed by atoms with van der Waals surface area (Å²) in [6, 6.07) is 17.9. The molecule has 0 saturated heterocycles. The molecule has 0 aromatic carbocycles. The van der Waals surface area contributed by atoms with Crippen molar-refractivity contribution in [3.63, 3.8) is 0 Å². The molecule has 0 amide bonds. The van der Waals surface area contributed by atoms with Gasteiger partial charge in [-0.25, -0.2) is 0 Å². The third kappa shape index (κ3) is 13.6. The Labute approximate surface area is 291 Å². The van der Waals surface area contributed by atoms with Crippen LogP contribution in [-0.2, 0) is 51.9 Å². The van der Waals surface area contributed by atoms with E-state index in [0.29, 0.717) is 0 Å². The molecule has 4 aromatic heterocycles. The van der Waals surface area contributed by atoms with Gasteiger partial charge in [0, 0.05) is 64.1 Å². The first-order valence-electron chi connectivity index (χ1n) is 18.8. The smallest absolute Gasteiger partial charge is 0.0546 e. The monoisotopic (exact) mass is 648 g/mol. The second kappa shape index (κ2) is 21.5. The van der Waals surface area contributed by atoms with Gasteiger partial charge in [0.1, 0.15) is 0 Å². The minimum atomic E-state index is 0.796. The fourth-order valence-corrected chi connectivity index (χ4v) is 6.23. The summed E-state index contributed by atoms with van der Waals surface area (Å²) in [7, 11) is 0. The minimum Gasteiger partial charge on any atom is -0.290 e. The predicted molar refractivity (Wildman–Crippen MR) is 200 cm³/mol. The van der Waals surface area contributed by atoms with Gasteiger partial charge in [-0.3, -0.25) is 29.7 Å². The molecule has 6 heteroatoms. The Hall–Kier alpha value is -3.48. The van der Waals surface area contributed by atoms with E-state index in [4.69, 9.17) is 19.9 Å². The van der Waals surface area contributed by atoms with Crippen molar-refractivity contribution in [3.05, 3.63) is 118 Å². The number of aryl methyl sites for hydroxylation is 4. The summed E-state index contributed by atoms with van der Waals surface area (Å²) in [6.45, 7) is 14.0. The Balaban J connectivity index is 1.56. The van der Waals surface area contributed by atoms with E-state index in [1.807, 2.05) is 24.8 Å². The Bertz CT molecular complexity index is 1250. The standard InChI is InChI=1S/C42H60N6/c1-5-9-13-35-17-21-43-39(27-35)31-47(32-40-28-36(14-10-6-2)18-22-44-40)25-26-48(33-41-29-37(15-11-7-3)19-23-45-41)34-42-30-38(16-12-8-4)20-24-46-42/h17-24,27-30H,5-16,25-26,31-34H2,1-4H3. The van der Waals surface area contributed by atoms with E-state index in [1.165, 1.54) is 73.6 Å². The molecule has 258 valence electrons. The van der Waals surface area contributed by atoms with Crippen LogP contribution in [0.2, 0.25) is 0 Å². The van der Waals surface area contributed by atoms with Crippen molar-refractivity contribution in [1.82, 2.24) is 29.7 Å². The Kier molecular flexibility index (Phi) is 16.7. The fourth-order valence-electron chi connectivity index (χ4n) is 6.23. The van der Waals surface area contributed by atoms with Gasteiger partial charge in [-0.1, -0.05) is 53.4 Å². The number of hydrogen-bond donors (Lipinski definition) is 0. The molecular formula is C42H60N6. The second-order valence-corrected chi connectivity index (χ2v) is 13.5. The van der Waals surface area contributed by atoms with Crippen molar-refractivity contribution in [3.8, 4) is 0 Å². The van der Waals surface area contributed by atoms with Gasteiger partial charge in [-0.15, -0.1) is 0 Å². The van der Waals surface area contributed by atoms with Gasteiger partial charge in [-0.2, -0.15) is 0 Å². The van der Waals surface area contributed by atoms with E-state index in [-0.39, 0.29) is 0 Å². The fraction of sp³-hybridized carbons (Fsp3) is 0.524. The molecule has 0 aliphatic carbocycles. The Morgan fingerprint density at radius 3 is 0.875 bits per heavy atom. The van der Waals surface area contributed by atoms with E-state index in [1.54, 1.807) is 0 Å². The molecule has 6 nitrogen and oxygen atoms in total. The lowest BCUT2D eigenvalue weighted by molar-refractivity contribution is 0.178. The predicted octanol–water partition coefficient (Wildman–Crippen LogP) is 9.34. The highest BCUT2D eigenvalue weighted by molar-refractivity contribution is 5.20. The zero-order valence-electron chi connectivity index (χ0n) is 30.3. The molecule has 0 unspecified atom stereocenters. The summed E-state index contributed by atoms with van der Waals surface area (Å²) in [5, 5.41) is 0. The molecule has 48 heavy (non-hydrogen) atoms. The van der Waals surface area contributed by atoms with Gasteiger partial charge in [0.05, 0.1) is 22.8 Å². The first kappa shape index (κ1) is 37.3. The molecule has 4 aromatic rings. The summed E-state index contributed by atoms with van der Waals surface area (Å²) >= 11 is 0. The van der Waals surface area contributed by atoms with Crippen LogP contribution in [0.1, 0.15) is 124 Å². The first-order chi connectivity index (χ1) is 23.6. The third-order valence-corrected chi connectivity index (χ3v) is 9.07. The maximum absolute atomic E-state index is 4.82. The zero-order valence-corrected chi connectivity index (χ0v) is 30.3. The van der Waals surface area contributed by atoms with Crippen molar-refractivity contribution in [2.45, 2.75) is 131 Å². The van der Waals surface area contributed by atoms with E-state index in [9.17, 15) is 0 Å². The van der Waals surface area contributed by atoms with E-state index in [2.05, 4.69) is 86.0 Å². The number of rotatable bonds is 23. The van der Waals surface area contributed by atoms with Crippen LogP contribution < -0.4 is 0 Å². The molecule has 0 saturated carbocycles. The highest BCUT2D eigenvalue weighted by Crippen LogP contribution is 2.16. The lowest BCUT2D eigenvalue weighted by atomic mass is 10.1. The van der Waals surface area contributed by atoms with Crippen molar-refractivity contribution in [2.75, 3.05) is 13.1 Å². The number of pyridine rings is 4. The molecule has 0 fully saturated rings. The molecule has 0 N–H and O–H groups in total. The minimum absolute atomic E-state index is 0.796. The number of hydrogen-bond acceptors (Lipinski definition) is 6. The number of aromatic nitrogens is 4. The summed E-state index contributed by atoms with van der Waals surface area (Å²) in [5.41, 5.74) is 10.1. The van der Waals surface area contributed by atoms with Gasteiger partial charge in [0.15, 0.2) is 0 Å². The van der Waals surface area contributed by atoms with Gasteiger partial charge in [0.25, 0.3) is 0 Å². The van der Waals surface area contributed by atoms with Crippen LogP contribution in [-0.4, -0.2) is 42.8 Å². The molecule has 4 rings (SSSR count). The number of nitrogens with zero attached hydrogens (tertiary/aromatic N) is 6. The first-order valence-corrected chi connectivity index (χ1v) is 18.8. The Morgan fingerprint density at radius 2 is 0.646 bits per heavy atom. The van der Waals surface area contributed by atoms with Crippen molar-refractivity contribution in [2.24, 2.45) is 0 Å². The molecule has 4 heterocycles. The van der Waals surface area contributed by atoms with Crippen LogP contribution in [0.25, 0.3) is 0 Å². The SMILES string of the molecule is CCCCc1ccnc(CN(CCN(Cc2cc(CCCC)ccn2)Cc2cc(CCCC)ccn2)Cc2cc(CCCC)ccn2)c1. The van der Waals surface area contributed by atoms with Crippen LogP contribution in [0.15, 0.2) is 73.3 Å². The summed E-state index contributed by atoms with van der Waals surface area (Å²) in [5.74, 6) is 0. The average molecular weight is 649 g/mol. The second-order valence-electron chi connectivity index (χ2n) is 13.5. The molecule has 0 aliphatic rings. The summed E-state index contributed by atoms with van der Waals surface area (Å²) in [6.07, 6.45) is 22.0. The Morgan fingerprint density at radius 1 is 0.396 bits per heavy atom. The lowest BCUT2D eigenvalue weighted by Gasteiger charge is -2.27.